The van der Waals surface area contributed by atoms with Crippen LogP contribution in [0.2, 0.25) is 0 Å². The molecule has 0 spiro atoms. The van der Waals surface area contributed by atoms with Gasteiger partial charge < -0.3 is 10.3 Å². The van der Waals surface area contributed by atoms with Crippen LogP contribution < -0.4 is 5.73 Å². The van der Waals surface area contributed by atoms with Crippen LogP contribution in [0.25, 0.3) is 5.00 Å². The summed E-state index contributed by atoms with van der Waals surface area (Å²) in [6, 6.07) is 3.46. The van der Waals surface area contributed by atoms with Crippen molar-refractivity contribution >= 4 is 23.5 Å². The average molecular weight is 248 g/mol. The number of primary amides is 1. The molecule has 0 fully saturated rings. The third-order valence-electron chi connectivity index (χ3n) is 2.73. The van der Waals surface area contributed by atoms with E-state index >= 15 is 0 Å². The van der Waals surface area contributed by atoms with Gasteiger partial charge in [-0.15, -0.1) is 11.3 Å². The minimum absolute atomic E-state index is 0.465. The highest BCUT2D eigenvalue weighted by Crippen LogP contribution is 2.31. The predicted octanol–water partition coefficient (Wildman–Crippen LogP) is 2.07. The van der Waals surface area contributed by atoms with Crippen molar-refractivity contribution < 1.29 is 9.59 Å². The number of amides is 1. The Morgan fingerprint density at radius 3 is 2.76 bits per heavy atom. The van der Waals surface area contributed by atoms with Crippen molar-refractivity contribution in [1.82, 2.24) is 4.57 Å². The van der Waals surface area contributed by atoms with E-state index in [9.17, 15) is 9.59 Å². The molecule has 0 aliphatic heterocycles. The quantitative estimate of drug-likeness (QED) is 0.845. The summed E-state index contributed by atoms with van der Waals surface area (Å²) in [5.41, 5.74) is 7.27. The molecular weight excluding hydrogens is 236 g/mol. The van der Waals surface area contributed by atoms with Gasteiger partial charge in [-0.25, -0.2) is 0 Å². The van der Waals surface area contributed by atoms with Crippen molar-refractivity contribution in [3.63, 3.8) is 0 Å². The number of aldehydes is 1. The summed E-state index contributed by atoms with van der Waals surface area (Å²) < 4.78 is 1.69. The molecule has 0 aliphatic carbocycles. The topological polar surface area (TPSA) is 65.1 Å². The van der Waals surface area contributed by atoms with Gasteiger partial charge in [0, 0.05) is 11.1 Å². The van der Waals surface area contributed by atoms with Gasteiger partial charge in [0.05, 0.1) is 11.3 Å². The minimum atomic E-state index is -0.465. The second-order valence-electron chi connectivity index (χ2n) is 3.75. The van der Waals surface area contributed by atoms with Crippen molar-refractivity contribution in [2.45, 2.75) is 13.8 Å². The maximum atomic E-state index is 11.5. The maximum absolute atomic E-state index is 11.5. The molecule has 0 saturated heterocycles. The Hall–Kier alpha value is -1.88. The summed E-state index contributed by atoms with van der Waals surface area (Å²) in [5, 5.41) is 0.708. The highest BCUT2D eigenvalue weighted by molar-refractivity contribution is 7.15. The molecule has 4 nitrogen and oxygen atoms in total. The largest absolute Gasteiger partial charge is 0.365 e. The molecule has 2 heterocycles. The first kappa shape index (κ1) is 11.6. The van der Waals surface area contributed by atoms with Crippen LogP contribution in [0.4, 0.5) is 0 Å². The fraction of sp³-hybridized carbons (Fsp3) is 0.167. The Kier molecular flexibility index (Phi) is 2.85. The lowest BCUT2D eigenvalue weighted by atomic mass is 10.1. The van der Waals surface area contributed by atoms with Crippen LogP contribution in [0, 0.1) is 13.8 Å². The van der Waals surface area contributed by atoms with Gasteiger partial charge >= 0.3 is 0 Å². The lowest BCUT2D eigenvalue weighted by Gasteiger charge is -2.04. The van der Waals surface area contributed by atoms with Crippen LogP contribution in [-0.2, 0) is 0 Å². The Morgan fingerprint density at radius 2 is 2.18 bits per heavy atom. The molecule has 2 aromatic heterocycles. The van der Waals surface area contributed by atoms with Crippen molar-refractivity contribution in [2.75, 3.05) is 0 Å². The molecule has 0 bridgehead atoms. The Morgan fingerprint density at radius 1 is 1.47 bits per heavy atom. The lowest BCUT2D eigenvalue weighted by Crippen LogP contribution is -2.14. The summed E-state index contributed by atoms with van der Waals surface area (Å²) in [6.07, 6.45) is 2.51. The SMILES string of the molecule is Cc1sc(-n2cccc2C=O)c(C(N)=O)c1C. The van der Waals surface area contributed by atoms with Gasteiger partial charge in [-0.3, -0.25) is 9.59 Å². The van der Waals surface area contributed by atoms with Crippen LogP contribution in [0.5, 0.6) is 0 Å². The highest BCUT2D eigenvalue weighted by Gasteiger charge is 2.19. The van der Waals surface area contributed by atoms with E-state index in [0.29, 0.717) is 16.3 Å². The monoisotopic (exact) mass is 248 g/mol. The normalized spacial score (nSPS) is 10.5. The lowest BCUT2D eigenvalue weighted by molar-refractivity contribution is 0.0999. The van der Waals surface area contributed by atoms with Gasteiger partial charge in [0.25, 0.3) is 5.91 Å². The summed E-state index contributed by atoms with van der Waals surface area (Å²) in [6.45, 7) is 3.79. The van der Waals surface area contributed by atoms with E-state index in [4.69, 9.17) is 5.73 Å². The number of carbonyl (C=O) groups is 2. The van der Waals surface area contributed by atoms with Gasteiger partial charge in [0.15, 0.2) is 6.29 Å². The number of thiophene rings is 1. The molecule has 1 amide bonds. The molecule has 0 saturated carbocycles. The summed E-state index contributed by atoms with van der Waals surface area (Å²) in [5.74, 6) is -0.465. The maximum Gasteiger partial charge on any atom is 0.252 e. The Balaban J connectivity index is 2.71. The first-order valence-electron chi connectivity index (χ1n) is 5.09. The van der Waals surface area contributed by atoms with Crippen molar-refractivity contribution in [3.8, 4) is 5.00 Å². The molecule has 0 atom stereocenters. The number of hydrogen-bond acceptors (Lipinski definition) is 3. The highest BCUT2D eigenvalue weighted by atomic mass is 32.1. The number of aryl methyl sites for hydroxylation is 1. The zero-order valence-electron chi connectivity index (χ0n) is 9.56. The smallest absolute Gasteiger partial charge is 0.252 e. The zero-order chi connectivity index (χ0) is 12.6. The van der Waals surface area contributed by atoms with Crippen molar-refractivity contribution in [2.24, 2.45) is 5.73 Å². The standard InChI is InChI=1S/C12H12N2O2S/c1-7-8(2)17-12(10(7)11(13)16)14-5-3-4-9(14)6-15/h3-6H,1-2H3,(H2,13,16). The van der Waals surface area contributed by atoms with E-state index in [-0.39, 0.29) is 0 Å². The molecule has 0 unspecified atom stereocenters. The van der Waals surface area contributed by atoms with Crippen LogP contribution in [0.15, 0.2) is 18.3 Å². The minimum Gasteiger partial charge on any atom is -0.365 e. The molecule has 88 valence electrons. The molecule has 2 aromatic rings. The van der Waals surface area contributed by atoms with Crippen molar-refractivity contribution in [3.05, 3.63) is 40.0 Å². The van der Waals surface area contributed by atoms with Crippen LogP contribution >= 0.6 is 11.3 Å². The fourth-order valence-corrected chi connectivity index (χ4v) is 2.91. The molecular formula is C12H12N2O2S. The Bertz CT molecular complexity index is 596. The number of nitrogens with two attached hydrogens (primary N) is 1. The van der Waals surface area contributed by atoms with Gasteiger partial charge in [-0.1, -0.05) is 0 Å². The van der Waals surface area contributed by atoms with E-state index in [1.54, 1.807) is 22.9 Å². The second kappa shape index (κ2) is 4.18. The molecule has 0 aromatic carbocycles. The molecule has 5 heteroatoms. The average Bonchev–Trinajstić information content (AvgIpc) is 2.84. The summed E-state index contributed by atoms with van der Waals surface area (Å²) >= 11 is 1.46. The number of hydrogen-bond donors (Lipinski definition) is 1. The van der Waals surface area contributed by atoms with Gasteiger partial charge in [0.1, 0.15) is 5.00 Å². The van der Waals surface area contributed by atoms with Crippen molar-refractivity contribution in [1.29, 1.82) is 0 Å². The number of rotatable bonds is 3. The van der Waals surface area contributed by atoms with E-state index < -0.39 is 5.91 Å². The van der Waals surface area contributed by atoms with Crippen LogP contribution in [0.1, 0.15) is 31.3 Å². The molecule has 2 N–H and O–H groups in total. The van der Waals surface area contributed by atoms with Crippen LogP contribution in [0.3, 0.4) is 0 Å². The molecule has 17 heavy (non-hydrogen) atoms. The number of carbonyl (C=O) groups excluding carboxylic acids is 2. The summed E-state index contributed by atoms with van der Waals surface area (Å²) in [4.78, 5) is 23.4. The first-order valence-corrected chi connectivity index (χ1v) is 5.90. The summed E-state index contributed by atoms with van der Waals surface area (Å²) in [7, 11) is 0. The van der Waals surface area contributed by atoms with E-state index in [2.05, 4.69) is 0 Å². The zero-order valence-corrected chi connectivity index (χ0v) is 10.4. The third-order valence-corrected chi connectivity index (χ3v) is 3.94. The second-order valence-corrected chi connectivity index (χ2v) is 4.95. The predicted molar refractivity (Wildman–Crippen MR) is 67.0 cm³/mol. The molecule has 2 rings (SSSR count). The van der Waals surface area contributed by atoms with Gasteiger partial charge in [0.2, 0.25) is 0 Å². The fourth-order valence-electron chi connectivity index (χ4n) is 1.74. The van der Waals surface area contributed by atoms with E-state index in [1.807, 2.05) is 13.8 Å². The third kappa shape index (κ3) is 1.78. The Labute approximate surface area is 103 Å². The van der Waals surface area contributed by atoms with Gasteiger partial charge in [-0.05, 0) is 31.5 Å². The number of aromatic nitrogens is 1. The van der Waals surface area contributed by atoms with Gasteiger partial charge in [-0.2, -0.15) is 0 Å². The first-order chi connectivity index (χ1) is 8.06. The van der Waals surface area contributed by atoms with Crippen LogP contribution in [-0.4, -0.2) is 16.8 Å². The van der Waals surface area contributed by atoms with E-state index in [1.165, 1.54) is 11.3 Å². The molecule has 0 aliphatic rings. The molecule has 0 radical (unpaired) electrons. The van der Waals surface area contributed by atoms with E-state index in [0.717, 1.165) is 16.7 Å². The number of nitrogens with zero attached hydrogens (tertiary/aromatic N) is 1.